The first-order chi connectivity index (χ1) is 16.3. The lowest BCUT2D eigenvalue weighted by atomic mass is 10.1. The quantitative estimate of drug-likeness (QED) is 0.293. The molecule has 176 valence electrons. The molecule has 0 saturated heterocycles. The van der Waals surface area contributed by atoms with Crippen LogP contribution in [0.1, 0.15) is 39.5 Å². The van der Waals surface area contributed by atoms with Crippen LogP contribution in [0.25, 0.3) is 0 Å². The van der Waals surface area contributed by atoms with Crippen LogP contribution in [0, 0.1) is 0 Å². The van der Waals surface area contributed by atoms with Crippen molar-refractivity contribution in [3.05, 3.63) is 94.5 Å². The summed E-state index contributed by atoms with van der Waals surface area (Å²) < 4.78 is 43.6. The fraction of sp³-hybridized carbons (Fsp3) is 0.231. The van der Waals surface area contributed by atoms with Crippen LogP contribution in [-0.4, -0.2) is 18.5 Å². The number of carbonyl (C=O) groups is 2. The number of ether oxygens (including phenoxy) is 1. The molecule has 0 unspecified atom stereocenters. The zero-order valence-electron chi connectivity index (χ0n) is 18.4. The molecule has 4 nitrogen and oxygen atoms in total. The summed E-state index contributed by atoms with van der Waals surface area (Å²) in [4.78, 5) is 27.0. The molecule has 0 aliphatic carbocycles. The zero-order valence-corrected chi connectivity index (χ0v) is 19.2. The van der Waals surface area contributed by atoms with Gasteiger partial charge in [0.1, 0.15) is 0 Å². The van der Waals surface area contributed by atoms with Crippen LogP contribution >= 0.6 is 11.8 Å². The Balaban J connectivity index is 1.44. The first-order valence-electron chi connectivity index (χ1n) is 10.7. The number of hydrogen-bond acceptors (Lipinski definition) is 4. The maximum Gasteiger partial charge on any atom is 0.416 e. The highest BCUT2D eigenvalue weighted by molar-refractivity contribution is 7.98. The second kappa shape index (κ2) is 9.93. The van der Waals surface area contributed by atoms with Crippen molar-refractivity contribution in [1.29, 1.82) is 0 Å². The fourth-order valence-corrected chi connectivity index (χ4v) is 4.81. The number of rotatable bonds is 7. The van der Waals surface area contributed by atoms with Crippen LogP contribution in [0.15, 0.2) is 71.6 Å². The number of amides is 1. The van der Waals surface area contributed by atoms with Gasteiger partial charge in [-0.25, -0.2) is 0 Å². The molecule has 1 heterocycles. The summed E-state index contributed by atoms with van der Waals surface area (Å²) in [5.74, 6) is 0.192. The smallest absolute Gasteiger partial charge is 0.416 e. The molecular formula is C26H22F3NO3S. The van der Waals surface area contributed by atoms with Crippen molar-refractivity contribution in [3.63, 3.8) is 0 Å². The summed E-state index contributed by atoms with van der Waals surface area (Å²) in [5, 5.41) is 0. The van der Waals surface area contributed by atoms with Crippen molar-refractivity contribution >= 4 is 29.3 Å². The molecule has 0 fully saturated rings. The Morgan fingerprint density at radius 1 is 1.00 bits per heavy atom. The fourth-order valence-electron chi connectivity index (χ4n) is 3.77. The molecule has 0 saturated carbocycles. The third-order valence-corrected chi connectivity index (χ3v) is 6.67. The van der Waals surface area contributed by atoms with E-state index in [4.69, 9.17) is 4.74 Å². The summed E-state index contributed by atoms with van der Waals surface area (Å²) in [6.07, 6.45) is -4.19. The maximum absolute atomic E-state index is 12.9. The van der Waals surface area contributed by atoms with Gasteiger partial charge >= 0.3 is 12.1 Å². The Hall–Kier alpha value is -3.26. The highest BCUT2D eigenvalue weighted by Crippen LogP contribution is 2.37. The van der Waals surface area contributed by atoms with Crippen LogP contribution in [0.5, 0.6) is 0 Å². The Bertz CT molecular complexity index is 1190. The minimum absolute atomic E-state index is 0.222. The van der Waals surface area contributed by atoms with Gasteiger partial charge in [0, 0.05) is 21.9 Å². The molecule has 0 bridgehead atoms. The number of fused-ring (bicyclic) bond motifs is 1. The van der Waals surface area contributed by atoms with Crippen LogP contribution in [0.4, 0.5) is 18.9 Å². The second-order valence-corrected chi connectivity index (χ2v) is 8.82. The van der Waals surface area contributed by atoms with Crippen molar-refractivity contribution in [2.24, 2.45) is 0 Å². The van der Waals surface area contributed by atoms with Crippen molar-refractivity contribution in [2.45, 2.75) is 36.7 Å². The van der Waals surface area contributed by atoms with Gasteiger partial charge in [0.05, 0.1) is 25.1 Å². The largest absolute Gasteiger partial charge is 0.466 e. The Kier molecular flexibility index (Phi) is 6.97. The van der Waals surface area contributed by atoms with E-state index in [-0.39, 0.29) is 18.3 Å². The average Bonchev–Trinajstić information content (AvgIpc) is 3.15. The molecule has 4 rings (SSSR count). The molecule has 1 aliphatic heterocycles. The van der Waals surface area contributed by atoms with Gasteiger partial charge in [0.15, 0.2) is 0 Å². The number of halogens is 3. The van der Waals surface area contributed by atoms with Gasteiger partial charge in [-0.1, -0.05) is 30.3 Å². The maximum atomic E-state index is 12.9. The van der Waals surface area contributed by atoms with Crippen molar-refractivity contribution in [3.8, 4) is 0 Å². The van der Waals surface area contributed by atoms with Gasteiger partial charge < -0.3 is 9.64 Å². The summed E-state index contributed by atoms with van der Waals surface area (Å²) >= 11 is 1.59. The molecule has 3 aromatic carbocycles. The first kappa shape index (κ1) is 23.9. The standard InChI is InChI=1S/C26H22F3NO3S/c1-2-33-24(31)14-17-6-8-18(9-7-17)16-34-23-5-3-4-21-22(23)15-30(25(21)32)20-12-10-19(11-13-20)26(27,28)29/h3-13H,2,14-16H2,1H3. The van der Waals surface area contributed by atoms with Crippen LogP contribution < -0.4 is 4.90 Å². The number of carbonyl (C=O) groups excluding carboxylic acids is 2. The van der Waals surface area contributed by atoms with E-state index in [9.17, 15) is 22.8 Å². The average molecular weight is 486 g/mol. The SMILES string of the molecule is CCOC(=O)Cc1ccc(CSc2cccc3c2CN(c2ccc(C(F)(F)F)cc2)C3=O)cc1. The lowest BCUT2D eigenvalue weighted by Gasteiger charge is -2.17. The number of nitrogens with zero attached hydrogens (tertiary/aromatic N) is 1. The van der Waals surface area contributed by atoms with E-state index < -0.39 is 11.7 Å². The minimum Gasteiger partial charge on any atom is -0.466 e. The lowest BCUT2D eigenvalue weighted by Crippen LogP contribution is -2.23. The highest BCUT2D eigenvalue weighted by atomic mass is 32.2. The van der Waals surface area contributed by atoms with Gasteiger partial charge in [0.25, 0.3) is 5.91 Å². The number of hydrogen-bond donors (Lipinski definition) is 0. The number of benzene rings is 3. The number of anilines is 1. The Morgan fingerprint density at radius 2 is 1.68 bits per heavy atom. The summed E-state index contributed by atoms with van der Waals surface area (Å²) in [6.45, 7) is 2.43. The van der Waals surface area contributed by atoms with E-state index in [0.29, 0.717) is 30.2 Å². The first-order valence-corrected chi connectivity index (χ1v) is 11.7. The van der Waals surface area contributed by atoms with Crippen molar-refractivity contribution < 1.29 is 27.5 Å². The Labute approximate surface area is 199 Å². The zero-order chi connectivity index (χ0) is 24.3. The van der Waals surface area contributed by atoms with Crippen LogP contribution in [0.2, 0.25) is 0 Å². The van der Waals surface area contributed by atoms with Crippen molar-refractivity contribution in [2.75, 3.05) is 11.5 Å². The van der Waals surface area contributed by atoms with Crippen molar-refractivity contribution in [1.82, 2.24) is 0 Å². The Morgan fingerprint density at radius 3 is 2.32 bits per heavy atom. The summed E-state index contributed by atoms with van der Waals surface area (Å²) in [5.41, 5.74) is 3.07. The van der Waals surface area contributed by atoms with E-state index in [0.717, 1.165) is 33.7 Å². The molecule has 3 aromatic rings. The van der Waals surface area contributed by atoms with Gasteiger partial charge in [-0.05, 0) is 60.0 Å². The predicted molar refractivity (Wildman–Crippen MR) is 125 cm³/mol. The molecular weight excluding hydrogens is 463 g/mol. The molecule has 1 aliphatic rings. The molecule has 0 aromatic heterocycles. The van der Waals surface area contributed by atoms with E-state index in [2.05, 4.69) is 0 Å². The third-order valence-electron chi connectivity index (χ3n) is 5.50. The molecule has 1 amide bonds. The van der Waals surface area contributed by atoms with E-state index >= 15 is 0 Å². The predicted octanol–water partition coefficient (Wildman–Crippen LogP) is 6.26. The second-order valence-electron chi connectivity index (χ2n) is 7.81. The molecule has 0 spiro atoms. The molecule has 0 atom stereocenters. The lowest BCUT2D eigenvalue weighted by molar-refractivity contribution is -0.142. The molecule has 0 radical (unpaired) electrons. The molecule has 0 N–H and O–H groups in total. The number of alkyl halides is 3. The molecule has 34 heavy (non-hydrogen) atoms. The van der Waals surface area contributed by atoms with E-state index in [1.54, 1.807) is 24.8 Å². The topological polar surface area (TPSA) is 46.6 Å². The monoisotopic (exact) mass is 485 g/mol. The normalized spacial score (nSPS) is 13.2. The minimum atomic E-state index is -4.42. The van der Waals surface area contributed by atoms with Gasteiger partial charge in [-0.15, -0.1) is 11.8 Å². The van der Waals surface area contributed by atoms with E-state index in [1.807, 2.05) is 36.4 Å². The van der Waals surface area contributed by atoms with E-state index in [1.165, 1.54) is 17.0 Å². The summed E-state index contributed by atoms with van der Waals surface area (Å²) in [7, 11) is 0. The van der Waals surface area contributed by atoms with Gasteiger partial charge in [-0.2, -0.15) is 13.2 Å². The summed E-state index contributed by atoms with van der Waals surface area (Å²) in [6, 6.07) is 17.9. The van der Waals surface area contributed by atoms with Gasteiger partial charge in [0.2, 0.25) is 0 Å². The van der Waals surface area contributed by atoms with Gasteiger partial charge in [-0.3, -0.25) is 9.59 Å². The van der Waals surface area contributed by atoms with Crippen LogP contribution in [-0.2, 0) is 34.4 Å². The number of thioether (sulfide) groups is 1. The highest BCUT2D eigenvalue weighted by Gasteiger charge is 2.33. The number of esters is 1. The third kappa shape index (κ3) is 5.28. The van der Waals surface area contributed by atoms with Crippen LogP contribution in [0.3, 0.4) is 0 Å². The molecule has 8 heteroatoms.